The summed E-state index contributed by atoms with van der Waals surface area (Å²) in [6.07, 6.45) is -0.818. The van der Waals surface area contributed by atoms with Gasteiger partial charge in [-0.3, -0.25) is 9.59 Å². The van der Waals surface area contributed by atoms with Crippen molar-refractivity contribution >= 4 is 27.3 Å². The summed E-state index contributed by atoms with van der Waals surface area (Å²) in [4.78, 5) is 26.2. The van der Waals surface area contributed by atoms with Crippen molar-refractivity contribution in [2.45, 2.75) is 36.2 Å². The van der Waals surface area contributed by atoms with Gasteiger partial charge in [0.25, 0.3) is 0 Å². The smallest absolute Gasteiger partial charge is 0.240 e. The molecule has 1 aliphatic heterocycles. The molecule has 2 amide bonds. The first-order valence-electron chi connectivity index (χ1n) is 8.10. The summed E-state index contributed by atoms with van der Waals surface area (Å²) < 4.78 is 34.5. The number of nitrogens with zero attached hydrogens (tertiary/aromatic N) is 1. The topological polar surface area (TPSA) is 102 Å². The Morgan fingerprint density at radius 3 is 2.50 bits per heavy atom. The van der Waals surface area contributed by atoms with Gasteiger partial charge >= 0.3 is 0 Å². The zero-order valence-electron chi connectivity index (χ0n) is 15.3. The molecule has 0 bridgehead atoms. The van der Waals surface area contributed by atoms with E-state index in [9.17, 15) is 18.0 Å². The van der Waals surface area contributed by atoms with Crippen molar-refractivity contribution in [3.63, 3.8) is 0 Å². The summed E-state index contributed by atoms with van der Waals surface area (Å²) in [6.45, 7) is 2.85. The number of carbonyl (C=O) groups excluding carboxylic acids is 2. The van der Waals surface area contributed by atoms with E-state index in [0.717, 1.165) is 0 Å². The van der Waals surface area contributed by atoms with Gasteiger partial charge in [-0.05, 0) is 26.0 Å². The quantitative estimate of drug-likeness (QED) is 0.725. The lowest BCUT2D eigenvalue weighted by molar-refractivity contribution is -0.128. The molecular weight excluding hydrogens is 360 g/mol. The van der Waals surface area contributed by atoms with Crippen LogP contribution in [0.1, 0.15) is 20.3 Å². The Morgan fingerprint density at radius 1 is 1.27 bits per heavy atom. The zero-order valence-corrected chi connectivity index (χ0v) is 16.1. The number of nitrogens with one attached hydrogen (secondary N) is 1. The number of rotatable bonds is 6. The predicted octanol–water partition coefficient (Wildman–Crippen LogP) is 0.711. The van der Waals surface area contributed by atoms with E-state index in [-0.39, 0.29) is 30.1 Å². The lowest BCUT2D eigenvalue weighted by Crippen LogP contribution is -2.44. The van der Waals surface area contributed by atoms with Gasteiger partial charge in [0, 0.05) is 20.6 Å². The minimum absolute atomic E-state index is 0.0512. The standard InChI is InChI=1S/C17H24N2O6S/c1-17(2)9-15(21)19(11-14(20)18-10-16(24-3)25-4)12-7-5-6-8-13(12)26(17,22)23/h5-8,16H,9-11H2,1-4H3,(H,18,20). The van der Waals surface area contributed by atoms with Crippen LogP contribution >= 0.6 is 0 Å². The van der Waals surface area contributed by atoms with Crippen LogP contribution in [0.4, 0.5) is 5.69 Å². The van der Waals surface area contributed by atoms with Crippen LogP contribution in [0.3, 0.4) is 0 Å². The van der Waals surface area contributed by atoms with Crippen molar-refractivity contribution < 1.29 is 27.5 Å². The molecule has 0 saturated carbocycles. The molecule has 1 aromatic rings. The second kappa shape index (κ2) is 7.73. The van der Waals surface area contributed by atoms with Crippen molar-refractivity contribution in [2.24, 2.45) is 0 Å². The predicted molar refractivity (Wildman–Crippen MR) is 95.5 cm³/mol. The van der Waals surface area contributed by atoms with Gasteiger partial charge in [0.1, 0.15) is 6.54 Å². The highest BCUT2D eigenvalue weighted by Crippen LogP contribution is 2.38. The fraction of sp³-hybridized carbons (Fsp3) is 0.529. The minimum Gasteiger partial charge on any atom is -0.354 e. The fourth-order valence-electron chi connectivity index (χ4n) is 2.73. The van der Waals surface area contributed by atoms with Crippen LogP contribution in [0.15, 0.2) is 29.2 Å². The summed E-state index contributed by atoms with van der Waals surface area (Å²) in [5, 5.41) is 2.61. The molecule has 1 aliphatic rings. The number of carbonyl (C=O) groups is 2. The highest BCUT2D eigenvalue weighted by atomic mass is 32.2. The van der Waals surface area contributed by atoms with Crippen LogP contribution in [0, 0.1) is 0 Å². The molecular formula is C17H24N2O6S. The number of fused-ring (bicyclic) bond motifs is 1. The highest BCUT2D eigenvalue weighted by molar-refractivity contribution is 7.93. The molecule has 0 spiro atoms. The van der Waals surface area contributed by atoms with Gasteiger partial charge in [-0.1, -0.05) is 12.1 Å². The summed E-state index contributed by atoms with van der Waals surface area (Å²) in [5.74, 6) is -0.863. The van der Waals surface area contributed by atoms with Crippen LogP contribution in [0.2, 0.25) is 0 Å². The number of sulfone groups is 1. The number of ether oxygens (including phenoxy) is 2. The summed E-state index contributed by atoms with van der Waals surface area (Å²) in [7, 11) is -0.834. The van der Waals surface area contributed by atoms with Crippen LogP contribution in [0.25, 0.3) is 0 Å². The largest absolute Gasteiger partial charge is 0.354 e. The van der Waals surface area contributed by atoms with Crippen molar-refractivity contribution in [1.82, 2.24) is 5.32 Å². The SMILES string of the molecule is COC(CNC(=O)CN1C(=O)CC(C)(C)S(=O)(=O)c2ccccc21)OC. The monoisotopic (exact) mass is 384 g/mol. The number of hydrogen-bond donors (Lipinski definition) is 1. The number of para-hydroxylation sites is 1. The molecule has 0 fully saturated rings. The maximum absolute atomic E-state index is 12.9. The molecule has 0 atom stereocenters. The molecule has 1 N–H and O–H groups in total. The van der Waals surface area contributed by atoms with Crippen molar-refractivity contribution in [1.29, 1.82) is 0 Å². The van der Waals surface area contributed by atoms with Crippen LogP contribution in [-0.2, 0) is 28.9 Å². The van der Waals surface area contributed by atoms with Crippen LogP contribution in [-0.4, -0.2) is 58.6 Å². The molecule has 144 valence electrons. The first kappa shape index (κ1) is 20.3. The number of hydrogen-bond acceptors (Lipinski definition) is 6. The Labute approximate surface area is 153 Å². The normalized spacial score (nSPS) is 18.3. The van der Waals surface area contributed by atoms with E-state index in [4.69, 9.17) is 9.47 Å². The molecule has 0 saturated heterocycles. The Kier molecular flexibility index (Phi) is 6.05. The van der Waals surface area contributed by atoms with Gasteiger partial charge in [0.2, 0.25) is 11.8 Å². The lowest BCUT2D eigenvalue weighted by Gasteiger charge is -2.23. The fourth-order valence-corrected chi connectivity index (χ4v) is 4.35. The molecule has 1 aromatic carbocycles. The number of amides is 2. The van der Waals surface area contributed by atoms with Crippen molar-refractivity contribution in [2.75, 3.05) is 32.2 Å². The van der Waals surface area contributed by atoms with E-state index in [1.54, 1.807) is 12.1 Å². The molecule has 26 heavy (non-hydrogen) atoms. The molecule has 8 nitrogen and oxygen atoms in total. The third-order valence-electron chi connectivity index (χ3n) is 4.34. The van der Waals surface area contributed by atoms with E-state index >= 15 is 0 Å². The van der Waals surface area contributed by atoms with E-state index in [2.05, 4.69) is 5.32 Å². The van der Waals surface area contributed by atoms with Crippen molar-refractivity contribution in [3.05, 3.63) is 24.3 Å². The number of methoxy groups -OCH3 is 2. The van der Waals surface area contributed by atoms with Crippen molar-refractivity contribution in [3.8, 4) is 0 Å². The third-order valence-corrected chi connectivity index (χ3v) is 6.87. The first-order valence-corrected chi connectivity index (χ1v) is 9.58. The van der Waals surface area contributed by atoms with Gasteiger partial charge in [-0.2, -0.15) is 0 Å². The third kappa shape index (κ3) is 3.89. The average Bonchev–Trinajstić information content (AvgIpc) is 2.64. The molecule has 1 heterocycles. The highest BCUT2D eigenvalue weighted by Gasteiger charge is 2.44. The van der Waals surface area contributed by atoms with Gasteiger partial charge < -0.3 is 19.7 Å². The Morgan fingerprint density at radius 2 is 1.88 bits per heavy atom. The lowest BCUT2D eigenvalue weighted by atomic mass is 10.1. The molecule has 0 aromatic heterocycles. The number of anilines is 1. The Hall–Kier alpha value is -1.97. The molecule has 2 rings (SSSR count). The molecule has 0 radical (unpaired) electrons. The molecule has 0 unspecified atom stereocenters. The maximum atomic E-state index is 12.9. The molecule has 9 heteroatoms. The van der Waals surface area contributed by atoms with Gasteiger partial charge in [-0.25, -0.2) is 8.42 Å². The first-order chi connectivity index (χ1) is 12.1. The van der Waals surface area contributed by atoms with E-state index in [0.29, 0.717) is 0 Å². The van der Waals surface area contributed by atoms with E-state index in [1.165, 1.54) is 45.1 Å². The van der Waals surface area contributed by atoms with Gasteiger partial charge in [0.15, 0.2) is 16.1 Å². The van der Waals surface area contributed by atoms with Gasteiger partial charge in [-0.15, -0.1) is 0 Å². The number of benzene rings is 1. The average molecular weight is 384 g/mol. The Bertz CT molecular complexity index is 786. The van der Waals surface area contributed by atoms with Crippen LogP contribution in [0.5, 0.6) is 0 Å². The zero-order chi connectivity index (χ0) is 19.5. The summed E-state index contributed by atoms with van der Waals surface area (Å²) in [5.41, 5.74) is 0.216. The summed E-state index contributed by atoms with van der Waals surface area (Å²) >= 11 is 0. The summed E-state index contributed by atoms with van der Waals surface area (Å²) in [6, 6.07) is 6.23. The Balaban J connectivity index is 2.31. The second-order valence-corrected chi connectivity index (χ2v) is 9.14. The minimum atomic E-state index is -3.73. The maximum Gasteiger partial charge on any atom is 0.240 e. The second-order valence-electron chi connectivity index (χ2n) is 6.59. The van der Waals surface area contributed by atoms with E-state index < -0.39 is 32.7 Å². The van der Waals surface area contributed by atoms with E-state index in [1.807, 2.05) is 0 Å². The van der Waals surface area contributed by atoms with Gasteiger partial charge in [0.05, 0.1) is 21.9 Å². The molecule has 0 aliphatic carbocycles. The van der Waals surface area contributed by atoms with Crippen LogP contribution < -0.4 is 10.2 Å².